The third kappa shape index (κ3) is 3.16. The maximum absolute atomic E-state index is 11.3. The molecule has 0 bridgehead atoms. The summed E-state index contributed by atoms with van der Waals surface area (Å²) in [4.78, 5) is 11.3. The molecule has 1 unspecified atom stereocenters. The lowest BCUT2D eigenvalue weighted by atomic mass is 9.76. The van der Waals surface area contributed by atoms with E-state index in [9.17, 15) is 9.90 Å². The number of hydrogen-bond donors (Lipinski definition) is 2. The van der Waals surface area contributed by atoms with Crippen molar-refractivity contribution >= 4 is 6.09 Å². The molecule has 2 aromatic carbocycles. The molecule has 26 heavy (non-hydrogen) atoms. The summed E-state index contributed by atoms with van der Waals surface area (Å²) in [7, 11) is 0. The van der Waals surface area contributed by atoms with Crippen LogP contribution in [0.25, 0.3) is 11.1 Å². The van der Waals surface area contributed by atoms with Gasteiger partial charge in [-0.2, -0.15) is 0 Å². The smallest absolute Gasteiger partial charge is 0.405 e. The number of amides is 1. The summed E-state index contributed by atoms with van der Waals surface area (Å²) in [6.45, 7) is 2.83. The van der Waals surface area contributed by atoms with E-state index in [0.29, 0.717) is 0 Å². The summed E-state index contributed by atoms with van der Waals surface area (Å²) < 4.78 is 5.65. The Morgan fingerprint density at radius 2 is 1.88 bits per heavy atom. The van der Waals surface area contributed by atoms with Gasteiger partial charge >= 0.3 is 6.09 Å². The first-order valence-corrected chi connectivity index (χ1v) is 9.47. The topological polar surface area (TPSA) is 58.6 Å². The van der Waals surface area contributed by atoms with E-state index < -0.39 is 6.09 Å². The van der Waals surface area contributed by atoms with Gasteiger partial charge in [-0.1, -0.05) is 37.3 Å². The van der Waals surface area contributed by atoms with Crippen LogP contribution in [-0.4, -0.2) is 17.8 Å². The van der Waals surface area contributed by atoms with Gasteiger partial charge < -0.3 is 15.2 Å². The number of benzene rings is 2. The number of nitrogens with one attached hydrogen (secondary N) is 1. The van der Waals surface area contributed by atoms with Gasteiger partial charge in [0, 0.05) is 0 Å². The monoisotopic (exact) mass is 351 g/mol. The van der Waals surface area contributed by atoms with E-state index in [4.69, 9.17) is 4.74 Å². The lowest BCUT2D eigenvalue weighted by Gasteiger charge is -2.34. The fourth-order valence-corrected chi connectivity index (χ4v) is 4.16. The lowest BCUT2D eigenvalue weighted by molar-refractivity contribution is 0.178. The zero-order valence-electron chi connectivity index (χ0n) is 15.1. The average molecular weight is 351 g/mol. The van der Waals surface area contributed by atoms with Crippen molar-refractivity contribution in [3.63, 3.8) is 0 Å². The van der Waals surface area contributed by atoms with Crippen LogP contribution >= 0.6 is 0 Å². The Bertz CT molecular complexity index is 809. The summed E-state index contributed by atoms with van der Waals surface area (Å²) in [6.07, 6.45) is 4.41. The molecular weight excluding hydrogens is 326 g/mol. The number of carboxylic acid groups (broad SMARTS) is 1. The molecular formula is C22H25NO3. The maximum Gasteiger partial charge on any atom is 0.405 e. The highest BCUT2D eigenvalue weighted by atomic mass is 16.5. The zero-order chi connectivity index (χ0) is 18.1. The second-order valence-corrected chi connectivity index (χ2v) is 7.53. The molecule has 136 valence electrons. The predicted molar refractivity (Wildman–Crippen MR) is 102 cm³/mol. The van der Waals surface area contributed by atoms with Crippen molar-refractivity contribution in [2.45, 2.75) is 45.1 Å². The van der Waals surface area contributed by atoms with Crippen LogP contribution in [0.4, 0.5) is 4.79 Å². The zero-order valence-corrected chi connectivity index (χ0v) is 15.1. The number of ether oxygens (including phenoxy) is 1. The molecule has 0 radical (unpaired) electrons. The normalized spacial score (nSPS) is 19.7. The van der Waals surface area contributed by atoms with Crippen LogP contribution in [0.1, 0.15) is 49.8 Å². The molecule has 4 nitrogen and oxygen atoms in total. The molecule has 0 aromatic heterocycles. The summed E-state index contributed by atoms with van der Waals surface area (Å²) in [5.74, 6) is 0.898. The van der Waals surface area contributed by atoms with Crippen molar-refractivity contribution in [2.75, 3.05) is 6.61 Å². The van der Waals surface area contributed by atoms with Gasteiger partial charge in [0.25, 0.3) is 0 Å². The van der Waals surface area contributed by atoms with E-state index in [1.165, 1.54) is 11.1 Å². The van der Waals surface area contributed by atoms with Gasteiger partial charge in [0.1, 0.15) is 5.75 Å². The summed E-state index contributed by atoms with van der Waals surface area (Å²) in [5, 5.41) is 12.0. The molecule has 1 amide bonds. The minimum absolute atomic E-state index is 0.0670. The Balaban J connectivity index is 1.60. The van der Waals surface area contributed by atoms with E-state index in [2.05, 4.69) is 42.6 Å². The quantitative estimate of drug-likeness (QED) is 0.780. The van der Waals surface area contributed by atoms with Crippen LogP contribution < -0.4 is 10.1 Å². The second-order valence-electron chi connectivity index (χ2n) is 7.53. The van der Waals surface area contributed by atoms with E-state index in [1.807, 2.05) is 12.1 Å². The van der Waals surface area contributed by atoms with Gasteiger partial charge in [0.2, 0.25) is 0 Å². The van der Waals surface area contributed by atoms with Crippen LogP contribution in [-0.2, 0) is 6.42 Å². The molecule has 0 aliphatic heterocycles. The van der Waals surface area contributed by atoms with Gasteiger partial charge in [-0.15, -0.1) is 0 Å². The van der Waals surface area contributed by atoms with Gasteiger partial charge in [-0.25, -0.2) is 4.79 Å². The maximum atomic E-state index is 11.3. The summed E-state index contributed by atoms with van der Waals surface area (Å²) >= 11 is 0. The minimum Gasteiger partial charge on any atom is -0.494 e. The van der Waals surface area contributed by atoms with Gasteiger partial charge in [0.15, 0.2) is 0 Å². The fraction of sp³-hybridized carbons (Fsp3) is 0.409. The predicted octanol–water partition coefficient (Wildman–Crippen LogP) is 5.18. The third-order valence-corrected chi connectivity index (χ3v) is 5.78. The van der Waals surface area contributed by atoms with E-state index >= 15 is 0 Å². The molecule has 2 aromatic rings. The second kappa shape index (κ2) is 6.67. The number of hydrogen-bond acceptors (Lipinski definition) is 2. The molecule has 0 saturated heterocycles. The SMILES string of the molecule is CCCOc1ccc(-c2ccc3c(c2)CCC2(CC2)C3NC(=O)O)cc1. The molecule has 1 spiro atoms. The van der Waals surface area contributed by atoms with Crippen molar-refractivity contribution in [3.05, 3.63) is 53.6 Å². The largest absolute Gasteiger partial charge is 0.494 e. The van der Waals surface area contributed by atoms with Crippen molar-refractivity contribution < 1.29 is 14.6 Å². The highest BCUT2D eigenvalue weighted by molar-refractivity contribution is 5.68. The van der Waals surface area contributed by atoms with Crippen molar-refractivity contribution in [1.29, 1.82) is 0 Å². The minimum atomic E-state index is -0.930. The van der Waals surface area contributed by atoms with Crippen LogP contribution in [0.5, 0.6) is 5.75 Å². The molecule has 4 heteroatoms. The van der Waals surface area contributed by atoms with E-state index in [1.54, 1.807) is 0 Å². The first-order chi connectivity index (χ1) is 12.6. The third-order valence-electron chi connectivity index (χ3n) is 5.78. The molecule has 1 fully saturated rings. The van der Waals surface area contributed by atoms with Gasteiger partial charge in [-0.05, 0) is 71.9 Å². The van der Waals surface area contributed by atoms with Gasteiger partial charge in [0.05, 0.1) is 12.6 Å². The fourth-order valence-electron chi connectivity index (χ4n) is 4.16. The number of rotatable bonds is 5. The molecule has 4 rings (SSSR count). The first kappa shape index (κ1) is 17.0. The van der Waals surface area contributed by atoms with Gasteiger partial charge in [-0.3, -0.25) is 0 Å². The molecule has 0 heterocycles. The Hall–Kier alpha value is -2.49. The molecule has 2 aliphatic rings. The molecule has 1 saturated carbocycles. The Morgan fingerprint density at radius 3 is 2.54 bits per heavy atom. The molecule has 1 atom stereocenters. The number of carbonyl (C=O) groups is 1. The first-order valence-electron chi connectivity index (χ1n) is 9.47. The van der Waals surface area contributed by atoms with Crippen LogP contribution in [0.3, 0.4) is 0 Å². The lowest BCUT2D eigenvalue weighted by Crippen LogP contribution is -2.36. The highest BCUT2D eigenvalue weighted by Gasteiger charge is 2.52. The number of fused-ring (bicyclic) bond motifs is 1. The summed E-state index contributed by atoms with van der Waals surface area (Å²) in [5.41, 5.74) is 4.91. The standard InChI is InChI=1S/C22H25NO3/c1-2-13-26-18-6-3-15(4-7-18)16-5-8-19-17(14-16)9-10-22(11-12-22)20(19)23-21(24)25/h3-8,14,20,23H,2,9-13H2,1H3,(H,24,25). The highest BCUT2D eigenvalue weighted by Crippen LogP contribution is 2.60. The van der Waals surface area contributed by atoms with Crippen LogP contribution in [0.2, 0.25) is 0 Å². The van der Waals surface area contributed by atoms with Crippen LogP contribution in [0, 0.1) is 5.41 Å². The van der Waals surface area contributed by atoms with Crippen molar-refractivity contribution in [3.8, 4) is 16.9 Å². The van der Waals surface area contributed by atoms with E-state index in [0.717, 1.165) is 55.6 Å². The summed E-state index contributed by atoms with van der Waals surface area (Å²) in [6, 6.07) is 14.6. The van der Waals surface area contributed by atoms with Crippen molar-refractivity contribution in [2.24, 2.45) is 5.41 Å². The molecule has 2 N–H and O–H groups in total. The average Bonchev–Trinajstić information content (AvgIpc) is 3.43. The molecule has 2 aliphatic carbocycles. The Labute approximate surface area is 154 Å². The Morgan fingerprint density at radius 1 is 1.15 bits per heavy atom. The Kier molecular flexibility index (Phi) is 4.35. The number of aryl methyl sites for hydroxylation is 1. The van der Waals surface area contributed by atoms with E-state index in [-0.39, 0.29) is 11.5 Å². The van der Waals surface area contributed by atoms with Crippen LogP contribution in [0.15, 0.2) is 42.5 Å². The van der Waals surface area contributed by atoms with Crippen molar-refractivity contribution in [1.82, 2.24) is 5.32 Å².